The zero-order valence-electron chi connectivity index (χ0n) is 26.2. The molecule has 232 valence electrons. The van der Waals surface area contributed by atoms with Crippen LogP contribution >= 0.6 is 0 Å². The number of carbonyl (C=O) groups is 2. The number of hydrogen-bond acceptors (Lipinski definition) is 6. The van der Waals surface area contributed by atoms with Crippen molar-refractivity contribution in [1.29, 1.82) is 0 Å². The molecule has 1 aromatic heterocycles. The molecule has 7 heteroatoms. The lowest BCUT2D eigenvalue weighted by molar-refractivity contribution is 0.0591. The summed E-state index contributed by atoms with van der Waals surface area (Å²) in [5, 5.41) is 0. The van der Waals surface area contributed by atoms with Crippen LogP contribution in [0.5, 0.6) is 5.88 Å². The zero-order valence-corrected chi connectivity index (χ0v) is 26.2. The van der Waals surface area contributed by atoms with Gasteiger partial charge in [-0.05, 0) is 79.1 Å². The van der Waals surface area contributed by atoms with E-state index in [-0.39, 0.29) is 16.8 Å². The quantitative estimate of drug-likeness (QED) is 0.191. The van der Waals surface area contributed by atoms with Crippen LogP contribution in [0, 0.1) is 12.7 Å². The number of rotatable bonds is 8. The van der Waals surface area contributed by atoms with E-state index in [1.165, 1.54) is 45.3 Å². The van der Waals surface area contributed by atoms with Crippen molar-refractivity contribution in [1.82, 2.24) is 4.98 Å². The molecule has 0 N–H and O–H groups in total. The Morgan fingerprint density at radius 1 is 0.773 bits per heavy atom. The van der Waals surface area contributed by atoms with E-state index < -0.39 is 11.8 Å². The van der Waals surface area contributed by atoms with Gasteiger partial charge >= 0.3 is 11.9 Å². The van der Waals surface area contributed by atoms with Gasteiger partial charge in [-0.15, -0.1) is 13.2 Å². The molecule has 44 heavy (non-hydrogen) atoms. The van der Waals surface area contributed by atoms with E-state index in [1.54, 1.807) is 24.3 Å². The van der Waals surface area contributed by atoms with Crippen molar-refractivity contribution in [3.63, 3.8) is 0 Å². The number of ether oxygens (including phenoxy) is 3. The lowest BCUT2D eigenvalue weighted by Gasteiger charge is -2.29. The summed E-state index contributed by atoms with van der Waals surface area (Å²) in [7, 11) is 4.26. The predicted octanol–water partition coefficient (Wildman–Crippen LogP) is 8.46. The number of esters is 2. The second-order valence-corrected chi connectivity index (χ2v) is 11.6. The van der Waals surface area contributed by atoms with Crippen molar-refractivity contribution < 1.29 is 28.2 Å². The van der Waals surface area contributed by atoms with Gasteiger partial charge in [0.1, 0.15) is 5.82 Å². The molecule has 0 spiro atoms. The molecule has 2 saturated carbocycles. The number of aromatic nitrogens is 1. The van der Waals surface area contributed by atoms with E-state index in [2.05, 4.69) is 31.1 Å². The molecule has 0 aliphatic heterocycles. The summed E-state index contributed by atoms with van der Waals surface area (Å²) in [6.45, 7) is 10.1. The summed E-state index contributed by atoms with van der Waals surface area (Å²) in [5.74, 6) is -0.783. The minimum absolute atomic E-state index is 0.0497. The molecule has 5 rings (SSSR count). The summed E-state index contributed by atoms with van der Waals surface area (Å²) in [5.41, 5.74) is 5.31. The molecule has 2 fully saturated rings. The number of methoxy groups -OCH3 is 3. The molecule has 2 aliphatic rings. The number of allylic oxidation sites excluding steroid dienone is 2. The van der Waals surface area contributed by atoms with Crippen LogP contribution in [-0.4, -0.2) is 38.3 Å². The van der Waals surface area contributed by atoms with Crippen molar-refractivity contribution in [2.24, 2.45) is 0 Å². The molecule has 0 bridgehead atoms. The fourth-order valence-corrected chi connectivity index (χ4v) is 6.76. The van der Waals surface area contributed by atoms with Gasteiger partial charge in [-0.2, -0.15) is 0 Å². The number of benzene rings is 2. The first-order valence-electron chi connectivity index (χ1n) is 15.1. The van der Waals surface area contributed by atoms with Crippen LogP contribution in [0.2, 0.25) is 0 Å². The molecule has 0 amide bonds. The number of hydrogen-bond donors (Lipinski definition) is 0. The van der Waals surface area contributed by atoms with E-state index in [1.807, 2.05) is 24.3 Å². The van der Waals surface area contributed by atoms with Gasteiger partial charge < -0.3 is 14.2 Å². The number of pyridine rings is 1. The molecule has 1 heterocycles. The lowest BCUT2D eigenvalue weighted by atomic mass is 9.75. The fraction of sp³-hybridized carbons (Fsp3) is 0.378. The SMILES string of the molecule is C=CC1(c2cc(C(=O)OC)ccc2-c2cc(OC)ncc2F)CCCC1.C=CC1(c2cc(C(=O)OC)ccc2C)CCCC1. The molecule has 0 atom stereocenters. The summed E-state index contributed by atoms with van der Waals surface area (Å²) in [6, 6.07) is 12.6. The molecule has 0 radical (unpaired) electrons. The second kappa shape index (κ2) is 14.0. The lowest BCUT2D eigenvalue weighted by Crippen LogP contribution is -2.21. The Bertz CT molecular complexity index is 1530. The van der Waals surface area contributed by atoms with Crippen LogP contribution in [0.25, 0.3) is 11.1 Å². The van der Waals surface area contributed by atoms with Crippen LogP contribution in [0.3, 0.4) is 0 Å². The minimum Gasteiger partial charge on any atom is -0.481 e. The van der Waals surface area contributed by atoms with Crippen LogP contribution < -0.4 is 4.74 Å². The maximum atomic E-state index is 14.6. The van der Waals surface area contributed by atoms with Gasteiger partial charge in [-0.25, -0.2) is 19.0 Å². The largest absolute Gasteiger partial charge is 0.481 e. The smallest absolute Gasteiger partial charge is 0.337 e. The molecular weight excluding hydrogens is 557 g/mol. The average Bonchev–Trinajstić information content (AvgIpc) is 3.76. The van der Waals surface area contributed by atoms with Crippen LogP contribution in [0.4, 0.5) is 4.39 Å². The first-order chi connectivity index (χ1) is 21.2. The van der Waals surface area contributed by atoms with Gasteiger partial charge in [0, 0.05) is 22.5 Å². The predicted molar refractivity (Wildman–Crippen MR) is 171 cm³/mol. The normalized spacial score (nSPS) is 16.3. The summed E-state index contributed by atoms with van der Waals surface area (Å²) in [6.07, 6.45) is 13.8. The van der Waals surface area contributed by atoms with Crippen molar-refractivity contribution in [2.45, 2.75) is 69.1 Å². The number of carbonyl (C=O) groups excluding carboxylic acids is 2. The molecule has 2 aromatic carbocycles. The Morgan fingerprint density at radius 3 is 1.77 bits per heavy atom. The Labute approximate surface area is 260 Å². The van der Waals surface area contributed by atoms with Gasteiger partial charge in [-0.3, -0.25) is 0 Å². The number of halogens is 1. The highest BCUT2D eigenvalue weighted by Gasteiger charge is 2.36. The number of nitrogens with zero attached hydrogens (tertiary/aromatic N) is 1. The van der Waals surface area contributed by atoms with Crippen molar-refractivity contribution in [2.75, 3.05) is 21.3 Å². The first kappa shape index (κ1) is 32.6. The first-order valence-corrected chi connectivity index (χ1v) is 15.1. The summed E-state index contributed by atoms with van der Waals surface area (Å²) < 4.78 is 29.4. The molecule has 6 nitrogen and oxygen atoms in total. The molecule has 0 saturated heterocycles. The van der Waals surface area contributed by atoms with Crippen LogP contribution in [0.15, 0.2) is 74.0 Å². The Hall–Kier alpha value is -4.26. The maximum absolute atomic E-state index is 14.6. The van der Waals surface area contributed by atoms with E-state index in [0.29, 0.717) is 22.6 Å². The van der Waals surface area contributed by atoms with E-state index >= 15 is 0 Å². The fourth-order valence-electron chi connectivity index (χ4n) is 6.76. The number of aryl methyl sites for hydroxylation is 1. The molecule has 0 unspecified atom stereocenters. The van der Waals surface area contributed by atoms with Gasteiger partial charge in [0.15, 0.2) is 0 Å². The Kier molecular flexibility index (Phi) is 10.4. The maximum Gasteiger partial charge on any atom is 0.337 e. The molecule has 2 aliphatic carbocycles. The topological polar surface area (TPSA) is 74.7 Å². The molecule has 3 aromatic rings. The summed E-state index contributed by atoms with van der Waals surface area (Å²) in [4.78, 5) is 27.6. The van der Waals surface area contributed by atoms with E-state index in [4.69, 9.17) is 14.2 Å². The monoisotopic (exact) mass is 599 g/mol. The zero-order chi connectivity index (χ0) is 31.9. The molecular formula is C37H42FNO5. The van der Waals surface area contributed by atoms with Crippen LogP contribution in [-0.2, 0) is 20.3 Å². The second-order valence-electron chi connectivity index (χ2n) is 11.6. The van der Waals surface area contributed by atoms with Gasteiger partial charge in [-0.1, -0.05) is 50.0 Å². The standard InChI is InChI=1S/C21H22FNO3.C16H20O2/c1-4-21(9-5-6-10-21)17-11-14(20(24)26-3)7-8-15(17)16-12-19(25-2)23-13-18(16)22;1-4-16(9-5-6-10-16)14-11-13(15(17)18-3)8-7-12(14)2/h4,7-8,11-13H,1,5-6,9-10H2,2-3H3;4,7-8,11H,1,5-6,9-10H2,2-3H3. The van der Waals surface area contributed by atoms with Gasteiger partial charge in [0.05, 0.1) is 38.7 Å². The summed E-state index contributed by atoms with van der Waals surface area (Å²) >= 11 is 0. The highest BCUT2D eigenvalue weighted by molar-refractivity contribution is 5.91. The van der Waals surface area contributed by atoms with Crippen LogP contribution in [0.1, 0.15) is 88.8 Å². The highest BCUT2D eigenvalue weighted by atomic mass is 19.1. The van der Waals surface area contributed by atoms with Crippen molar-refractivity contribution in [3.05, 3.63) is 108 Å². The van der Waals surface area contributed by atoms with Gasteiger partial charge in [0.25, 0.3) is 0 Å². The van der Waals surface area contributed by atoms with Gasteiger partial charge in [0.2, 0.25) is 5.88 Å². The van der Waals surface area contributed by atoms with Crippen molar-refractivity contribution >= 4 is 11.9 Å². The Morgan fingerprint density at radius 2 is 1.27 bits per heavy atom. The third-order valence-electron chi connectivity index (χ3n) is 9.27. The van der Waals surface area contributed by atoms with E-state index in [9.17, 15) is 14.0 Å². The Balaban J connectivity index is 0.000000215. The van der Waals surface area contributed by atoms with E-state index in [0.717, 1.165) is 55.8 Å². The minimum atomic E-state index is -0.435. The van der Waals surface area contributed by atoms with Crippen molar-refractivity contribution in [3.8, 4) is 17.0 Å². The average molecular weight is 600 g/mol. The third-order valence-corrected chi connectivity index (χ3v) is 9.27. The third kappa shape index (κ3) is 6.47. The highest BCUT2D eigenvalue weighted by Crippen LogP contribution is 2.47.